The Labute approximate surface area is 170 Å². The molecule has 1 saturated heterocycles. The molecule has 0 unspecified atom stereocenters. The van der Waals surface area contributed by atoms with E-state index >= 15 is 0 Å². The lowest BCUT2D eigenvalue weighted by atomic mass is 10.0. The minimum Gasteiger partial charge on any atom is -0.310 e. The van der Waals surface area contributed by atoms with E-state index < -0.39 is 35.4 Å². The molecule has 1 fully saturated rings. The van der Waals surface area contributed by atoms with Crippen LogP contribution in [0.15, 0.2) is 30.3 Å². The third-order valence-electron chi connectivity index (χ3n) is 5.44. The predicted octanol–water partition coefficient (Wildman–Crippen LogP) is 4.02. The lowest BCUT2D eigenvalue weighted by molar-refractivity contribution is -0.137. The Bertz CT molecular complexity index is 1020. The molecule has 2 aliphatic heterocycles. The van der Waals surface area contributed by atoms with Crippen molar-refractivity contribution >= 4 is 23.3 Å². The molecule has 9 heteroatoms. The Morgan fingerprint density at radius 2 is 1.93 bits per heavy atom. The Balaban J connectivity index is 1.70. The van der Waals surface area contributed by atoms with Crippen LogP contribution in [0.3, 0.4) is 0 Å². The third-order valence-corrected chi connectivity index (χ3v) is 5.44. The minimum atomic E-state index is -4.60. The van der Waals surface area contributed by atoms with Crippen LogP contribution in [-0.4, -0.2) is 29.4 Å². The van der Waals surface area contributed by atoms with Gasteiger partial charge in [-0.25, -0.2) is 9.37 Å². The van der Waals surface area contributed by atoms with Gasteiger partial charge in [0.1, 0.15) is 17.7 Å². The van der Waals surface area contributed by atoms with Crippen LogP contribution in [0, 0.1) is 12.7 Å². The average Bonchev–Trinajstić information content (AvgIpc) is 3.07. The predicted molar refractivity (Wildman–Crippen MR) is 102 cm³/mol. The summed E-state index contributed by atoms with van der Waals surface area (Å²) in [7, 11) is 0. The monoisotopic (exact) mass is 421 g/mol. The number of pyridine rings is 1. The number of anilines is 2. The highest BCUT2D eigenvalue weighted by atomic mass is 19.4. The summed E-state index contributed by atoms with van der Waals surface area (Å²) in [6.07, 6.45) is -3.12. The number of aromatic nitrogens is 1. The zero-order chi connectivity index (χ0) is 21.6. The summed E-state index contributed by atoms with van der Waals surface area (Å²) in [5, 5.41) is 0. The number of halogens is 4. The van der Waals surface area contributed by atoms with Crippen molar-refractivity contribution in [1.82, 2.24) is 4.98 Å². The number of hydrogen-bond acceptors (Lipinski definition) is 3. The van der Waals surface area contributed by atoms with Gasteiger partial charge in [-0.15, -0.1) is 0 Å². The quantitative estimate of drug-likeness (QED) is 0.689. The highest BCUT2D eigenvalue weighted by molar-refractivity contribution is 6.08. The second-order valence-electron chi connectivity index (χ2n) is 7.54. The van der Waals surface area contributed by atoms with Crippen LogP contribution >= 0.6 is 0 Å². The molecule has 158 valence electrons. The summed E-state index contributed by atoms with van der Waals surface area (Å²) < 4.78 is 53.3. The molecule has 2 aromatic rings. The number of alkyl halides is 3. The minimum absolute atomic E-state index is 0.0392. The smallest absolute Gasteiger partial charge is 0.310 e. The van der Waals surface area contributed by atoms with E-state index in [-0.39, 0.29) is 24.4 Å². The molecule has 3 heterocycles. The van der Waals surface area contributed by atoms with Gasteiger partial charge in [0.2, 0.25) is 11.8 Å². The van der Waals surface area contributed by atoms with Crippen LogP contribution in [0.4, 0.5) is 29.1 Å². The molecule has 1 aromatic carbocycles. The van der Waals surface area contributed by atoms with Crippen LogP contribution < -0.4 is 9.80 Å². The van der Waals surface area contributed by atoms with Crippen LogP contribution in [-0.2, 0) is 22.2 Å². The van der Waals surface area contributed by atoms with Crippen molar-refractivity contribution in [1.29, 1.82) is 0 Å². The maximum Gasteiger partial charge on any atom is 0.416 e. The molecule has 30 heavy (non-hydrogen) atoms. The molecule has 1 aromatic heterocycles. The van der Waals surface area contributed by atoms with Crippen molar-refractivity contribution < 1.29 is 27.2 Å². The van der Waals surface area contributed by atoms with Gasteiger partial charge in [0.05, 0.1) is 5.56 Å². The van der Waals surface area contributed by atoms with E-state index in [9.17, 15) is 27.2 Å². The van der Waals surface area contributed by atoms with Crippen molar-refractivity contribution in [3.63, 3.8) is 0 Å². The van der Waals surface area contributed by atoms with E-state index in [0.717, 1.165) is 17.0 Å². The van der Waals surface area contributed by atoms with Crippen LogP contribution in [0.2, 0.25) is 0 Å². The fourth-order valence-electron chi connectivity index (χ4n) is 4.12. The fraction of sp³-hybridized carbons (Fsp3) is 0.381. The normalized spacial score (nSPS) is 19.2. The molecule has 0 spiro atoms. The zero-order valence-electron chi connectivity index (χ0n) is 16.2. The topological polar surface area (TPSA) is 53.5 Å². The Morgan fingerprint density at radius 1 is 1.17 bits per heavy atom. The van der Waals surface area contributed by atoms with Crippen molar-refractivity contribution in [2.75, 3.05) is 16.3 Å². The van der Waals surface area contributed by atoms with Gasteiger partial charge < -0.3 is 4.90 Å². The van der Waals surface area contributed by atoms with E-state index in [2.05, 4.69) is 4.98 Å². The molecule has 0 N–H and O–H groups in total. The number of carbonyl (C=O) groups is 2. The molecular weight excluding hydrogens is 402 g/mol. The number of carbonyl (C=O) groups excluding carboxylic acids is 2. The summed E-state index contributed by atoms with van der Waals surface area (Å²) in [5.74, 6) is -1.43. The van der Waals surface area contributed by atoms with E-state index in [0.29, 0.717) is 30.6 Å². The summed E-state index contributed by atoms with van der Waals surface area (Å²) >= 11 is 0. The van der Waals surface area contributed by atoms with Crippen molar-refractivity contribution in [3.8, 4) is 0 Å². The molecule has 0 saturated carbocycles. The van der Waals surface area contributed by atoms with Gasteiger partial charge in [0.15, 0.2) is 0 Å². The number of amides is 2. The van der Waals surface area contributed by atoms with Gasteiger partial charge in [-0.05, 0) is 62.1 Å². The Kier molecular flexibility index (Phi) is 4.99. The Morgan fingerprint density at radius 3 is 2.67 bits per heavy atom. The maximum atomic E-state index is 13.6. The second kappa shape index (κ2) is 7.37. The van der Waals surface area contributed by atoms with Gasteiger partial charge in [0, 0.05) is 24.3 Å². The van der Waals surface area contributed by atoms with Crippen LogP contribution in [0.1, 0.15) is 36.1 Å². The number of fused-ring (bicyclic) bond motifs is 1. The first-order chi connectivity index (χ1) is 14.1. The van der Waals surface area contributed by atoms with Gasteiger partial charge in [-0.2, -0.15) is 13.2 Å². The number of aryl methyl sites for hydroxylation is 2. The van der Waals surface area contributed by atoms with Gasteiger partial charge >= 0.3 is 6.18 Å². The molecule has 1 atom stereocenters. The van der Waals surface area contributed by atoms with Crippen LogP contribution in [0.25, 0.3) is 0 Å². The lowest BCUT2D eigenvalue weighted by Crippen LogP contribution is -2.49. The zero-order valence-corrected chi connectivity index (χ0v) is 16.2. The number of hydrogen-bond donors (Lipinski definition) is 0. The van der Waals surface area contributed by atoms with Gasteiger partial charge in [0.25, 0.3) is 0 Å². The van der Waals surface area contributed by atoms with Crippen molar-refractivity contribution in [2.24, 2.45) is 0 Å². The molecule has 2 aliphatic rings. The summed E-state index contributed by atoms with van der Waals surface area (Å²) in [6, 6.07) is 4.91. The largest absolute Gasteiger partial charge is 0.416 e. The first kappa shape index (κ1) is 20.3. The molecule has 2 amide bonds. The highest BCUT2D eigenvalue weighted by Gasteiger charge is 2.42. The summed E-state index contributed by atoms with van der Waals surface area (Å²) in [5.41, 5.74) is 0.442. The highest BCUT2D eigenvalue weighted by Crippen LogP contribution is 2.35. The SMILES string of the molecule is Cc1cc(C(F)(F)F)cc(N2C(=O)CC[C@H]2C(=O)N2CCCc3cc(F)ccc32)n1. The fourth-order valence-corrected chi connectivity index (χ4v) is 4.12. The van der Waals surface area contributed by atoms with Crippen molar-refractivity contribution in [3.05, 3.63) is 53.0 Å². The molecule has 0 radical (unpaired) electrons. The molecule has 5 nitrogen and oxygen atoms in total. The van der Waals surface area contributed by atoms with Gasteiger partial charge in [-0.1, -0.05) is 0 Å². The molecule has 0 bridgehead atoms. The average molecular weight is 421 g/mol. The number of rotatable bonds is 2. The van der Waals surface area contributed by atoms with E-state index in [1.807, 2.05) is 0 Å². The summed E-state index contributed by atoms with van der Waals surface area (Å²) in [4.78, 5) is 32.5. The van der Waals surface area contributed by atoms with E-state index in [4.69, 9.17) is 0 Å². The van der Waals surface area contributed by atoms with E-state index in [1.165, 1.54) is 30.0 Å². The summed E-state index contributed by atoms with van der Waals surface area (Å²) in [6.45, 7) is 1.80. The standard InChI is InChI=1S/C21H19F4N3O2/c1-12-9-14(21(23,24)25)11-18(26-12)28-17(6-7-19(28)29)20(30)27-8-2-3-13-10-15(22)4-5-16(13)27/h4-5,9-11,17H,2-3,6-8H2,1H3/t17-/m0/s1. The Hall–Kier alpha value is -2.97. The number of benzene rings is 1. The van der Waals surface area contributed by atoms with E-state index in [1.54, 1.807) is 0 Å². The van der Waals surface area contributed by atoms with Gasteiger partial charge in [-0.3, -0.25) is 14.5 Å². The molecule has 0 aliphatic carbocycles. The van der Waals surface area contributed by atoms with Crippen molar-refractivity contribution in [2.45, 2.75) is 44.8 Å². The molecular formula is C21H19F4N3O2. The first-order valence-electron chi connectivity index (χ1n) is 9.63. The van der Waals surface area contributed by atoms with Crippen LogP contribution in [0.5, 0.6) is 0 Å². The molecule has 4 rings (SSSR count). The first-order valence-corrected chi connectivity index (χ1v) is 9.63. The third kappa shape index (κ3) is 3.64. The maximum absolute atomic E-state index is 13.6. The number of nitrogens with zero attached hydrogens (tertiary/aromatic N) is 3. The lowest BCUT2D eigenvalue weighted by Gasteiger charge is -2.34. The second-order valence-corrected chi connectivity index (χ2v) is 7.54.